The highest BCUT2D eigenvalue weighted by Crippen LogP contribution is 2.50. The third-order valence-corrected chi connectivity index (χ3v) is 8.51. The smallest absolute Gasteiger partial charge is 0.237 e. The second-order valence-corrected chi connectivity index (χ2v) is 11.8. The van der Waals surface area contributed by atoms with Crippen molar-refractivity contribution in [1.29, 1.82) is 0 Å². The Bertz CT molecular complexity index is 1110. The lowest BCUT2D eigenvalue weighted by Crippen LogP contribution is -2.53. The van der Waals surface area contributed by atoms with E-state index in [1.807, 2.05) is 0 Å². The van der Waals surface area contributed by atoms with Gasteiger partial charge in [-0.1, -0.05) is 69.1 Å². The molecular formula is C28H37Cl2F2N3O2. The Kier molecular flexibility index (Phi) is 9.62. The van der Waals surface area contributed by atoms with Crippen LogP contribution in [0, 0.1) is 23.0 Å². The number of rotatable bonds is 10. The van der Waals surface area contributed by atoms with E-state index in [2.05, 4.69) is 38.3 Å². The van der Waals surface area contributed by atoms with Crippen molar-refractivity contribution >= 4 is 29.1 Å². The van der Waals surface area contributed by atoms with Crippen molar-refractivity contribution in [3.05, 3.63) is 69.2 Å². The highest BCUT2D eigenvalue weighted by atomic mass is 35.5. The van der Waals surface area contributed by atoms with Crippen LogP contribution in [0.3, 0.4) is 0 Å². The molecule has 3 rings (SSSR count). The number of carbonyl (C=O) groups is 1. The molecule has 1 aliphatic rings. The van der Waals surface area contributed by atoms with Crippen LogP contribution in [-0.4, -0.2) is 36.2 Å². The molecule has 2 aromatic carbocycles. The van der Waals surface area contributed by atoms with E-state index in [1.165, 1.54) is 18.2 Å². The molecule has 4 atom stereocenters. The molecule has 0 saturated carbocycles. The van der Waals surface area contributed by atoms with Crippen molar-refractivity contribution in [2.24, 2.45) is 17.1 Å². The predicted octanol–water partition coefficient (Wildman–Crippen LogP) is 5.51. The molecule has 0 aliphatic carbocycles. The number of aliphatic hydroxyl groups is 1. The zero-order valence-corrected chi connectivity index (χ0v) is 23.3. The summed E-state index contributed by atoms with van der Waals surface area (Å²) in [6.07, 6.45) is 1.61. The Morgan fingerprint density at radius 1 is 1.22 bits per heavy atom. The second-order valence-electron chi connectivity index (χ2n) is 10.9. The molecule has 9 heteroatoms. The van der Waals surface area contributed by atoms with E-state index in [9.17, 15) is 4.79 Å². The number of carbonyl (C=O) groups excluding carboxylic acids is 1. The molecule has 5 nitrogen and oxygen atoms in total. The van der Waals surface area contributed by atoms with Crippen LogP contribution in [0.4, 0.5) is 8.78 Å². The van der Waals surface area contributed by atoms with E-state index in [1.54, 1.807) is 18.2 Å². The van der Waals surface area contributed by atoms with E-state index in [-0.39, 0.29) is 45.0 Å². The highest BCUT2D eigenvalue weighted by Gasteiger charge is 2.58. The molecule has 1 aliphatic heterocycles. The maximum Gasteiger partial charge on any atom is 0.237 e. The van der Waals surface area contributed by atoms with Crippen LogP contribution in [0.5, 0.6) is 0 Å². The van der Waals surface area contributed by atoms with E-state index in [0.717, 1.165) is 0 Å². The van der Waals surface area contributed by atoms with Gasteiger partial charge in [-0.05, 0) is 54.4 Å². The van der Waals surface area contributed by atoms with Crippen molar-refractivity contribution in [3.8, 4) is 0 Å². The summed E-state index contributed by atoms with van der Waals surface area (Å²) in [5.74, 6) is -2.42. The molecule has 0 bridgehead atoms. The Morgan fingerprint density at radius 3 is 2.54 bits per heavy atom. The van der Waals surface area contributed by atoms with E-state index >= 15 is 8.78 Å². The summed E-state index contributed by atoms with van der Waals surface area (Å²) in [4.78, 5) is 13.5. The number of aliphatic hydroxyl groups excluding tert-OH is 1. The molecule has 1 saturated heterocycles. The van der Waals surface area contributed by atoms with Crippen molar-refractivity contribution in [1.82, 2.24) is 10.6 Å². The van der Waals surface area contributed by atoms with E-state index in [0.29, 0.717) is 25.8 Å². The van der Waals surface area contributed by atoms with Gasteiger partial charge in [-0.2, -0.15) is 0 Å². The Labute approximate surface area is 228 Å². The van der Waals surface area contributed by atoms with Gasteiger partial charge in [0, 0.05) is 35.7 Å². The number of nitrogens with two attached hydrogens (primary N) is 1. The monoisotopic (exact) mass is 555 g/mol. The number of hydrogen-bond acceptors (Lipinski definition) is 4. The van der Waals surface area contributed by atoms with Crippen LogP contribution in [-0.2, 0) is 10.3 Å². The fourth-order valence-electron chi connectivity index (χ4n) is 5.11. The first kappa shape index (κ1) is 29.8. The van der Waals surface area contributed by atoms with Crippen LogP contribution < -0.4 is 16.4 Å². The lowest BCUT2D eigenvalue weighted by atomic mass is 9.66. The summed E-state index contributed by atoms with van der Waals surface area (Å²) in [6, 6.07) is 7.27. The molecule has 1 fully saturated rings. The van der Waals surface area contributed by atoms with E-state index in [4.69, 9.17) is 34.0 Å². The lowest BCUT2D eigenvalue weighted by molar-refractivity contribution is -0.123. The Morgan fingerprint density at radius 2 is 1.92 bits per heavy atom. The van der Waals surface area contributed by atoms with Gasteiger partial charge in [0.2, 0.25) is 5.91 Å². The molecule has 0 aromatic heterocycles. The van der Waals surface area contributed by atoms with Crippen molar-refractivity contribution in [2.75, 3.05) is 13.2 Å². The Balaban J connectivity index is 2.21. The van der Waals surface area contributed by atoms with Gasteiger partial charge in [0.1, 0.15) is 11.6 Å². The van der Waals surface area contributed by atoms with E-state index < -0.39 is 35.2 Å². The molecule has 0 spiro atoms. The molecule has 204 valence electrons. The molecule has 1 heterocycles. The topological polar surface area (TPSA) is 87.4 Å². The normalized spacial score (nSPS) is 24.0. The SMILES string of the molecule is CC(C)C(C)(C)CC1NC(C(=O)NCCCCO)C(c2cccc(Cl)c2F)C1(N)c1ccc(Cl)cc1F. The minimum atomic E-state index is -1.51. The zero-order valence-electron chi connectivity index (χ0n) is 21.8. The molecule has 0 radical (unpaired) electrons. The van der Waals surface area contributed by atoms with Gasteiger partial charge in [0.05, 0.1) is 16.6 Å². The molecule has 1 amide bonds. The highest BCUT2D eigenvalue weighted by molar-refractivity contribution is 6.31. The van der Waals surface area contributed by atoms with Crippen molar-refractivity contribution in [2.45, 2.75) is 70.5 Å². The third kappa shape index (κ3) is 6.12. The number of nitrogens with one attached hydrogen (secondary N) is 2. The number of amides is 1. The molecule has 4 unspecified atom stereocenters. The number of hydrogen-bond donors (Lipinski definition) is 4. The van der Waals surface area contributed by atoms with Gasteiger partial charge in [-0.15, -0.1) is 0 Å². The summed E-state index contributed by atoms with van der Waals surface area (Å²) >= 11 is 12.2. The quantitative estimate of drug-likeness (QED) is 0.291. The summed E-state index contributed by atoms with van der Waals surface area (Å²) < 4.78 is 31.1. The van der Waals surface area contributed by atoms with Crippen LogP contribution in [0.1, 0.15) is 64.0 Å². The first-order valence-electron chi connectivity index (χ1n) is 12.7. The second kappa shape index (κ2) is 12.0. The zero-order chi connectivity index (χ0) is 27.5. The molecule has 37 heavy (non-hydrogen) atoms. The van der Waals surface area contributed by atoms with Crippen LogP contribution in [0.15, 0.2) is 36.4 Å². The predicted molar refractivity (Wildman–Crippen MR) is 145 cm³/mol. The van der Waals surface area contributed by atoms with Crippen LogP contribution >= 0.6 is 23.2 Å². The summed E-state index contributed by atoms with van der Waals surface area (Å²) in [7, 11) is 0. The molecule has 2 aromatic rings. The van der Waals surface area contributed by atoms with Gasteiger partial charge >= 0.3 is 0 Å². The summed E-state index contributed by atoms with van der Waals surface area (Å²) in [6.45, 7) is 8.72. The van der Waals surface area contributed by atoms with Gasteiger partial charge in [-0.25, -0.2) is 8.78 Å². The minimum Gasteiger partial charge on any atom is -0.396 e. The fraction of sp³-hybridized carbons (Fsp3) is 0.536. The molecule has 5 N–H and O–H groups in total. The number of unbranched alkanes of at least 4 members (excludes halogenated alkanes) is 1. The van der Waals surface area contributed by atoms with Gasteiger partial charge in [0.25, 0.3) is 0 Å². The van der Waals surface area contributed by atoms with Crippen molar-refractivity contribution < 1.29 is 18.7 Å². The average molecular weight is 557 g/mol. The van der Waals surface area contributed by atoms with Crippen molar-refractivity contribution in [3.63, 3.8) is 0 Å². The Hall–Kier alpha value is -1.77. The maximum atomic E-state index is 15.6. The minimum absolute atomic E-state index is 0.0159. The maximum absolute atomic E-state index is 15.6. The van der Waals surface area contributed by atoms with Gasteiger partial charge in [-0.3, -0.25) is 4.79 Å². The summed E-state index contributed by atoms with van der Waals surface area (Å²) in [5.41, 5.74) is 5.74. The summed E-state index contributed by atoms with van der Waals surface area (Å²) in [5, 5.41) is 15.4. The molecular weight excluding hydrogens is 519 g/mol. The largest absolute Gasteiger partial charge is 0.396 e. The number of halogens is 4. The van der Waals surface area contributed by atoms with Crippen LogP contribution in [0.2, 0.25) is 10.0 Å². The standard InChI is InChI=1S/C28H37Cl2F2N3O2/c1-16(2)27(3,4)15-22-28(33,19-11-10-17(29)14-21(19)31)23(18-8-7-9-20(30)24(18)32)25(35-22)26(37)34-12-5-6-13-36/h7-11,14,16,22-23,25,35-36H,5-6,12-13,15,33H2,1-4H3,(H,34,37). The first-order chi connectivity index (χ1) is 17.3. The van der Waals surface area contributed by atoms with Gasteiger partial charge in [0.15, 0.2) is 0 Å². The first-order valence-corrected chi connectivity index (χ1v) is 13.4. The average Bonchev–Trinajstić information content (AvgIpc) is 3.10. The number of benzene rings is 2. The third-order valence-electron chi connectivity index (χ3n) is 7.98. The van der Waals surface area contributed by atoms with Gasteiger partial charge < -0.3 is 21.5 Å². The van der Waals surface area contributed by atoms with Crippen LogP contribution in [0.25, 0.3) is 0 Å². The lowest BCUT2D eigenvalue weighted by Gasteiger charge is -2.41. The fourth-order valence-corrected chi connectivity index (χ4v) is 5.45.